The van der Waals surface area contributed by atoms with Crippen LogP contribution in [0.4, 0.5) is 10.1 Å². The highest BCUT2D eigenvalue weighted by atomic mass is 35.5. The number of anilines is 1. The van der Waals surface area contributed by atoms with Crippen molar-refractivity contribution in [3.8, 4) is 11.1 Å². The lowest BCUT2D eigenvalue weighted by Crippen LogP contribution is -2.52. The van der Waals surface area contributed by atoms with Crippen LogP contribution >= 0.6 is 11.6 Å². The van der Waals surface area contributed by atoms with Gasteiger partial charge in [-0.15, -0.1) is 0 Å². The molecule has 9 nitrogen and oxygen atoms in total. The van der Waals surface area contributed by atoms with Gasteiger partial charge in [0.25, 0.3) is 0 Å². The smallest absolute Gasteiger partial charge is 0.247 e. The fourth-order valence-corrected chi connectivity index (χ4v) is 6.06. The van der Waals surface area contributed by atoms with Crippen LogP contribution in [0.1, 0.15) is 36.7 Å². The number of ketones is 1. The fraction of sp³-hybridized carbons (Fsp3) is 0.286. The minimum Gasteiger partial charge on any atom is -0.326 e. The molecule has 4 aromatic rings. The highest BCUT2D eigenvalue weighted by Crippen LogP contribution is 2.43. The summed E-state index contributed by atoms with van der Waals surface area (Å²) in [5, 5.41) is 7.63. The van der Waals surface area contributed by atoms with Crippen molar-refractivity contribution in [1.29, 1.82) is 0 Å². The van der Waals surface area contributed by atoms with E-state index in [-0.39, 0.29) is 46.6 Å². The van der Waals surface area contributed by atoms with Gasteiger partial charge in [0.15, 0.2) is 11.6 Å². The number of piperidine rings is 1. The third-order valence-corrected chi connectivity index (χ3v) is 7.91. The zero-order valence-electron chi connectivity index (χ0n) is 21.0. The Morgan fingerprint density at radius 2 is 1.90 bits per heavy atom. The van der Waals surface area contributed by atoms with Crippen LogP contribution in [0.15, 0.2) is 55.1 Å². The van der Waals surface area contributed by atoms with Gasteiger partial charge in [0, 0.05) is 36.3 Å². The number of fused-ring (bicyclic) bond motifs is 3. The molecule has 3 atom stereocenters. The van der Waals surface area contributed by atoms with Crippen LogP contribution in [0.2, 0.25) is 5.02 Å². The number of amides is 2. The summed E-state index contributed by atoms with van der Waals surface area (Å²) in [5.74, 6) is -1.68. The average molecular weight is 547 g/mol. The Hall–Kier alpha value is -4.18. The molecule has 2 bridgehead atoms. The lowest BCUT2D eigenvalue weighted by Gasteiger charge is -2.34. The summed E-state index contributed by atoms with van der Waals surface area (Å²) in [7, 11) is 0. The topological polar surface area (TPSA) is 110 Å². The van der Waals surface area contributed by atoms with Gasteiger partial charge in [-0.3, -0.25) is 19.1 Å². The van der Waals surface area contributed by atoms with E-state index in [1.54, 1.807) is 23.4 Å². The van der Waals surface area contributed by atoms with Crippen LogP contribution in [-0.2, 0) is 16.1 Å². The van der Waals surface area contributed by atoms with Crippen molar-refractivity contribution in [1.82, 2.24) is 24.6 Å². The Bertz CT molecular complexity index is 1620. The van der Waals surface area contributed by atoms with Crippen molar-refractivity contribution in [2.45, 2.75) is 44.8 Å². The normalized spacial score (nSPS) is 20.0. The molecule has 2 amide bonds. The molecule has 0 spiro atoms. The number of benzene rings is 2. The van der Waals surface area contributed by atoms with Crippen LogP contribution < -0.4 is 5.32 Å². The van der Waals surface area contributed by atoms with Gasteiger partial charge in [-0.2, -0.15) is 5.10 Å². The molecule has 198 valence electrons. The molecule has 1 saturated carbocycles. The summed E-state index contributed by atoms with van der Waals surface area (Å²) in [5.41, 5.74) is 2.46. The second kappa shape index (κ2) is 9.85. The third-order valence-electron chi connectivity index (χ3n) is 7.61. The van der Waals surface area contributed by atoms with E-state index in [9.17, 15) is 18.8 Å². The molecule has 1 N–H and O–H groups in total. The molecule has 39 heavy (non-hydrogen) atoms. The van der Waals surface area contributed by atoms with E-state index in [1.165, 1.54) is 30.1 Å². The SMILES string of the molecule is CC(=O)c1nn(CC(=O)N2C3CCC(C3)C2C(=O)Nc2cccc(Cl)c2F)c2ccc(-c3cncnc3)cc12. The lowest BCUT2D eigenvalue weighted by atomic mass is 9.97. The molecule has 3 heterocycles. The highest BCUT2D eigenvalue weighted by Gasteiger charge is 2.51. The number of hydrogen-bond donors (Lipinski definition) is 1. The standard InChI is InChI=1S/C28H24ClFN6O3/c1-15(37)26-20-10-16(18-11-31-14-32-12-18)6-8-23(20)35(34-26)13-24(38)36-19-7-5-17(9-19)27(36)28(39)33-22-4-2-3-21(29)25(22)30/h2-4,6,8,10-12,14,17,19,27H,5,7,9,13H2,1H3,(H,33,39). The summed E-state index contributed by atoms with van der Waals surface area (Å²) in [4.78, 5) is 49.2. The number of nitrogens with one attached hydrogen (secondary N) is 1. The minimum absolute atomic E-state index is 0.0148. The van der Waals surface area contributed by atoms with Gasteiger partial charge in [-0.25, -0.2) is 14.4 Å². The largest absolute Gasteiger partial charge is 0.326 e. The number of halogens is 2. The van der Waals surface area contributed by atoms with Crippen LogP contribution in [0.5, 0.6) is 0 Å². The molecule has 0 radical (unpaired) electrons. The van der Waals surface area contributed by atoms with Crippen LogP contribution in [0.25, 0.3) is 22.0 Å². The lowest BCUT2D eigenvalue weighted by molar-refractivity contribution is -0.141. The van der Waals surface area contributed by atoms with E-state index in [0.29, 0.717) is 17.3 Å². The number of Topliss-reactive ketones (excluding diaryl/α,β-unsaturated/α-hetero) is 1. The van der Waals surface area contributed by atoms with Crippen molar-refractivity contribution in [2.24, 2.45) is 5.92 Å². The van der Waals surface area contributed by atoms with Gasteiger partial charge in [0.2, 0.25) is 11.8 Å². The summed E-state index contributed by atoms with van der Waals surface area (Å²) < 4.78 is 16.0. The van der Waals surface area contributed by atoms with Crippen LogP contribution in [0, 0.1) is 11.7 Å². The summed E-state index contributed by atoms with van der Waals surface area (Å²) in [6.07, 6.45) is 7.12. The predicted molar refractivity (Wildman–Crippen MR) is 143 cm³/mol. The number of carbonyl (C=O) groups excluding carboxylic acids is 3. The van der Waals surface area contributed by atoms with Crippen LogP contribution in [-0.4, -0.2) is 54.3 Å². The third kappa shape index (κ3) is 4.44. The van der Waals surface area contributed by atoms with Gasteiger partial charge in [0.1, 0.15) is 24.6 Å². The van der Waals surface area contributed by atoms with Crippen molar-refractivity contribution in [3.05, 3.63) is 71.7 Å². The van der Waals surface area contributed by atoms with Crippen molar-refractivity contribution in [2.75, 3.05) is 5.32 Å². The Morgan fingerprint density at radius 3 is 2.67 bits per heavy atom. The van der Waals surface area contributed by atoms with E-state index in [0.717, 1.165) is 24.0 Å². The Morgan fingerprint density at radius 1 is 1.10 bits per heavy atom. The number of rotatable bonds is 6. The Balaban J connectivity index is 1.29. The van der Waals surface area contributed by atoms with Gasteiger partial charge in [-0.05, 0) is 55.0 Å². The van der Waals surface area contributed by atoms with Gasteiger partial charge in [-0.1, -0.05) is 23.7 Å². The van der Waals surface area contributed by atoms with Gasteiger partial charge < -0.3 is 10.2 Å². The molecular weight excluding hydrogens is 523 g/mol. The summed E-state index contributed by atoms with van der Waals surface area (Å²) in [6, 6.07) is 9.10. The van der Waals surface area contributed by atoms with E-state index >= 15 is 0 Å². The number of aromatic nitrogens is 4. The first kappa shape index (κ1) is 25.1. The first-order valence-corrected chi connectivity index (χ1v) is 13.0. The van der Waals surface area contributed by atoms with E-state index in [2.05, 4.69) is 20.4 Å². The number of nitrogens with zero attached hydrogens (tertiary/aromatic N) is 5. The monoisotopic (exact) mass is 546 g/mol. The first-order chi connectivity index (χ1) is 18.8. The van der Waals surface area contributed by atoms with Gasteiger partial charge in [0.05, 0.1) is 16.2 Å². The number of hydrogen-bond acceptors (Lipinski definition) is 6. The van der Waals surface area contributed by atoms with Crippen molar-refractivity contribution >= 4 is 45.8 Å². The molecule has 3 unspecified atom stereocenters. The van der Waals surface area contributed by atoms with E-state index < -0.39 is 17.8 Å². The quantitative estimate of drug-likeness (QED) is 0.356. The summed E-state index contributed by atoms with van der Waals surface area (Å²) >= 11 is 5.88. The second-order valence-electron chi connectivity index (χ2n) is 9.98. The molecule has 2 aromatic carbocycles. The second-order valence-corrected chi connectivity index (χ2v) is 10.4. The van der Waals surface area contributed by atoms with Crippen LogP contribution in [0.3, 0.4) is 0 Å². The molecule has 2 aromatic heterocycles. The molecule has 1 saturated heterocycles. The molecule has 2 aliphatic rings. The zero-order valence-corrected chi connectivity index (χ0v) is 21.7. The molecule has 1 aliphatic carbocycles. The maximum atomic E-state index is 14.5. The van der Waals surface area contributed by atoms with Crippen molar-refractivity contribution in [3.63, 3.8) is 0 Å². The van der Waals surface area contributed by atoms with Gasteiger partial charge >= 0.3 is 0 Å². The first-order valence-electron chi connectivity index (χ1n) is 12.6. The molecule has 11 heteroatoms. The fourth-order valence-electron chi connectivity index (χ4n) is 5.89. The Kier molecular flexibility index (Phi) is 6.34. The number of likely N-dealkylation sites (tertiary alicyclic amines) is 1. The highest BCUT2D eigenvalue weighted by molar-refractivity contribution is 6.31. The minimum atomic E-state index is -0.728. The van der Waals surface area contributed by atoms with Crippen molar-refractivity contribution < 1.29 is 18.8 Å². The number of carbonyl (C=O) groups is 3. The van der Waals surface area contributed by atoms with E-state index in [4.69, 9.17) is 11.6 Å². The Labute approximate surface area is 228 Å². The maximum absolute atomic E-state index is 14.5. The van der Waals surface area contributed by atoms with E-state index in [1.807, 2.05) is 18.2 Å². The molecule has 6 rings (SSSR count). The predicted octanol–water partition coefficient (Wildman–Crippen LogP) is 4.51. The average Bonchev–Trinajstić information content (AvgIpc) is 3.65. The molecule has 1 aliphatic heterocycles. The summed E-state index contributed by atoms with van der Waals surface area (Å²) in [6.45, 7) is 1.29. The molecular formula is C28H24ClFN6O3. The molecule has 2 fully saturated rings. The zero-order chi connectivity index (χ0) is 27.3. The maximum Gasteiger partial charge on any atom is 0.247 e.